The van der Waals surface area contributed by atoms with Gasteiger partial charge in [-0.1, -0.05) is 0 Å². The predicted molar refractivity (Wildman–Crippen MR) is 106 cm³/mol. The second kappa shape index (κ2) is 11.0. The van der Waals surface area contributed by atoms with Crippen molar-refractivity contribution in [2.24, 2.45) is 0 Å². The van der Waals surface area contributed by atoms with Crippen molar-refractivity contribution < 1.29 is 39.7 Å². The lowest BCUT2D eigenvalue weighted by Crippen LogP contribution is -2.31. The topological polar surface area (TPSA) is 159 Å². The molecule has 30 heavy (non-hydrogen) atoms. The number of ether oxygens (including phenoxy) is 1. The van der Waals surface area contributed by atoms with Crippen molar-refractivity contribution in [3.63, 3.8) is 0 Å². The van der Waals surface area contributed by atoms with Gasteiger partial charge in [0.1, 0.15) is 0 Å². The first-order valence-electron chi connectivity index (χ1n) is 8.30. The molecule has 0 heterocycles. The van der Waals surface area contributed by atoms with Crippen LogP contribution in [-0.2, 0) is 38.1 Å². The summed E-state index contributed by atoms with van der Waals surface area (Å²) in [7, 11) is -6.32. The summed E-state index contributed by atoms with van der Waals surface area (Å²) in [5, 5.41) is 10.9. The van der Waals surface area contributed by atoms with Gasteiger partial charge < -0.3 is 9.64 Å². The Balaban J connectivity index is 3.25. The highest BCUT2D eigenvalue weighted by atomic mass is 32.2. The first kappa shape index (κ1) is 25.5. The van der Waals surface area contributed by atoms with Crippen LogP contribution in [0.5, 0.6) is 0 Å². The van der Waals surface area contributed by atoms with Crippen LogP contribution < -0.4 is 0 Å². The Hall–Kier alpha value is -2.55. The molecule has 0 fully saturated rings. The van der Waals surface area contributed by atoms with Crippen LogP contribution in [0.25, 0.3) is 5.70 Å². The van der Waals surface area contributed by atoms with Gasteiger partial charge in [0.25, 0.3) is 25.9 Å². The normalized spacial score (nSPS) is 12.4. The van der Waals surface area contributed by atoms with Gasteiger partial charge in [0.2, 0.25) is 0 Å². The van der Waals surface area contributed by atoms with Crippen LogP contribution in [0.4, 0.5) is 5.69 Å². The van der Waals surface area contributed by atoms with Gasteiger partial charge in [-0.3, -0.25) is 18.5 Å². The number of hydrogen-bond acceptors (Lipinski definition) is 11. The minimum absolute atomic E-state index is 0.0694. The molecule has 0 N–H and O–H groups in total. The van der Waals surface area contributed by atoms with Crippen molar-refractivity contribution in [2.75, 3.05) is 45.9 Å². The molecule has 14 heteroatoms. The summed E-state index contributed by atoms with van der Waals surface area (Å²) in [4.78, 5) is 23.6. The molecule has 0 amide bonds. The third-order valence-electron chi connectivity index (χ3n) is 3.49. The molecule has 168 valence electrons. The number of carbonyl (C=O) groups is 1. The van der Waals surface area contributed by atoms with E-state index < -0.39 is 31.1 Å². The molecule has 12 nitrogen and oxygen atoms in total. The lowest BCUT2D eigenvalue weighted by atomic mass is 10.1. The molecule has 0 saturated carbocycles. The minimum atomic E-state index is -3.74. The minimum Gasteiger partial charge on any atom is -0.466 e. The molecule has 0 atom stereocenters. The van der Waals surface area contributed by atoms with Crippen molar-refractivity contribution >= 4 is 37.6 Å². The van der Waals surface area contributed by atoms with E-state index in [4.69, 9.17) is 8.37 Å². The maximum absolute atomic E-state index is 11.9. The van der Waals surface area contributed by atoms with E-state index in [-0.39, 0.29) is 37.7 Å². The molecule has 0 aromatic heterocycles. The smallest absolute Gasteiger partial charge is 0.332 e. The second-order valence-electron chi connectivity index (χ2n) is 5.90. The summed E-state index contributed by atoms with van der Waals surface area (Å²) in [6, 6.07) is 5.21. The molecular weight excluding hydrogens is 444 g/mol. The number of rotatable bonds is 12. The Morgan fingerprint density at radius 1 is 1.03 bits per heavy atom. The Morgan fingerprint density at radius 2 is 1.50 bits per heavy atom. The van der Waals surface area contributed by atoms with E-state index in [1.54, 1.807) is 0 Å². The van der Waals surface area contributed by atoms with E-state index in [9.17, 15) is 31.7 Å². The number of carbonyl (C=O) groups excluding carboxylic acids is 1. The Bertz CT molecular complexity index is 947. The standard InChI is InChI=1S/C16H22N2O10S2/c1-26-16(19)12-15(13-4-6-14(7-5-13)18(20)21)17(8-10-27-29(2,22)23)9-11-28-30(3,24)25/h4-7,12H,8-11H2,1-3H3. The molecule has 0 aliphatic heterocycles. The second-order valence-corrected chi connectivity index (χ2v) is 9.18. The van der Waals surface area contributed by atoms with E-state index in [1.807, 2.05) is 0 Å². The molecule has 0 radical (unpaired) electrons. The van der Waals surface area contributed by atoms with E-state index in [0.29, 0.717) is 5.56 Å². The number of nitrogens with zero attached hydrogens (tertiary/aromatic N) is 2. The highest BCUT2D eigenvalue weighted by molar-refractivity contribution is 7.86. The summed E-state index contributed by atoms with van der Waals surface area (Å²) in [5.74, 6) is -0.749. The van der Waals surface area contributed by atoms with Crippen molar-refractivity contribution in [1.29, 1.82) is 0 Å². The van der Waals surface area contributed by atoms with Crippen LogP contribution in [0.15, 0.2) is 30.3 Å². The fourth-order valence-corrected chi connectivity index (χ4v) is 2.99. The van der Waals surface area contributed by atoms with Gasteiger partial charge in [-0.15, -0.1) is 0 Å². The van der Waals surface area contributed by atoms with Crippen LogP contribution in [0.1, 0.15) is 5.56 Å². The molecule has 1 aromatic carbocycles. The summed E-state index contributed by atoms with van der Waals surface area (Å²) in [5.41, 5.74) is 0.388. The van der Waals surface area contributed by atoms with Crippen molar-refractivity contribution in [3.05, 3.63) is 46.0 Å². The van der Waals surface area contributed by atoms with Gasteiger partial charge in [0, 0.05) is 31.3 Å². The van der Waals surface area contributed by atoms with Crippen LogP contribution in [0.2, 0.25) is 0 Å². The maximum Gasteiger partial charge on any atom is 0.332 e. The third-order valence-corrected chi connectivity index (χ3v) is 4.68. The average molecular weight is 466 g/mol. The lowest BCUT2D eigenvalue weighted by molar-refractivity contribution is -0.384. The first-order chi connectivity index (χ1) is 13.8. The number of nitro benzene ring substituents is 1. The van der Waals surface area contributed by atoms with Crippen LogP contribution in [0, 0.1) is 10.1 Å². The average Bonchev–Trinajstić information content (AvgIpc) is 2.63. The van der Waals surface area contributed by atoms with Crippen LogP contribution >= 0.6 is 0 Å². The maximum atomic E-state index is 11.9. The van der Waals surface area contributed by atoms with E-state index in [1.165, 1.54) is 29.2 Å². The van der Waals surface area contributed by atoms with Gasteiger partial charge in [0.05, 0.1) is 43.5 Å². The highest BCUT2D eigenvalue weighted by Gasteiger charge is 2.17. The predicted octanol–water partition coefficient (Wildman–Crippen LogP) is 0.363. The zero-order valence-electron chi connectivity index (χ0n) is 16.5. The van der Waals surface area contributed by atoms with Gasteiger partial charge in [-0.25, -0.2) is 4.79 Å². The van der Waals surface area contributed by atoms with E-state index in [2.05, 4.69) is 4.74 Å². The molecule has 0 saturated heterocycles. The van der Waals surface area contributed by atoms with Gasteiger partial charge in [0.15, 0.2) is 0 Å². The number of non-ortho nitro benzene ring substituents is 1. The number of esters is 1. The molecule has 0 unspecified atom stereocenters. The number of hydrogen-bond donors (Lipinski definition) is 0. The molecule has 1 aromatic rings. The van der Waals surface area contributed by atoms with E-state index in [0.717, 1.165) is 25.7 Å². The van der Waals surface area contributed by atoms with Gasteiger partial charge >= 0.3 is 5.97 Å². The molecule has 0 aliphatic rings. The van der Waals surface area contributed by atoms with Crippen molar-refractivity contribution in [1.82, 2.24) is 4.90 Å². The molecule has 0 spiro atoms. The van der Waals surface area contributed by atoms with Crippen molar-refractivity contribution in [3.8, 4) is 0 Å². The zero-order valence-corrected chi connectivity index (χ0v) is 18.1. The Labute approximate surface area is 174 Å². The lowest BCUT2D eigenvalue weighted by Gasteiger charge is -2.27. The molecule has 0 bridgehead atoms. The molecular formula is C16H22N2O10S2. The quantitative estimate of drug-likeness (QED) is 0.138. The third kappa shape index (κ3) is 9.78. The SMILES string of the molecule is COC(=O)C=C(c1ccc([N+](=O)[O-])cc1)N(CCOS(C)(=O)=O)CCOS(C)(=O)=O. The van der Waals surface area contributed by atoms with Gasteiger partial charge in [-0.2, -0.15) is 16.8 Å². The summed E-state index contributed by atoms with van der Waals surface area (Å²) < 4.78 is 59.0. The molecule has 1 rings (SSSR count). The Morgan fingerprint density at radius 3 is 1.87 bits per heavy atom. The first-order valence-corrected chi connectivity index (χ1v) is 11.9. The Kier molecular flexibility index (Phi) is 9.35. The van der Waals surface area contributed by atoms with Crippen LogP contribution in [-0.4, -0.2) is 78.6 Å². The number of nitro groups is 1. The highest BCUT2D eigenvalue weighted by Crippen LogP contribution is 2.22. The fraction of sp³-hybridized carbons (Fsp3) is 0.438. The largest absolute Gasteiger partial charge is 0.466 e. The summed E-state index contributed by atoms with van der Waals surface area (Å²) in [6.45, 7) is -0.744. The zero-order chi connectivity index (χ0) is 22.9. The monoisotopic (exact) mass is 466 g/mol. The summed E-state index contributed by atoms with van der Waals surface area (Å²) in [6.07, 6.45) is 2.82. The number of methoxy groups -OCH3 is 1. The van der Waals surface area contributed by atoms with Crippen LogP contribution in [0.3, 0.4) is 0 Å². The fourth-order valence-electron chi connectivity index (χ4n) is 2.23. The van der Waals surface area contributed by atoms with Gasteiger partial charge in [-0.05, 0) is 17.7 Å². The summed E-state index contributed by atoms with van der Waals surface area (Å²) >= 11 is 0. The number of benzene rings is 1. The molecule has 0 aliphatic carbocycles. The van der Waals surface area contributed by atoms with E-state index >= 15 is 0 Å². The van der Waals surface area contributed by atoms with Crippen molar-refractivity contribution in [2.45, 2.75) is 0 Å².